The average molecular weight is 523 g/mol. The summed E-state index contributed by atoms with van der Waals surface area (Å²) in [7, 11) is -0.304. The Labute approximate surface area is 216 Å². The van der Waals surface area contributed by atoms with Crippen molar-refractivity contribution in [1.29, 1.82) is 0 Å². The number of nitrogens with two attached hydrogens (primary N) is 1. The number of nitrogens with one attached hydrogen (secondary N) is 1. The zero-order valence-corrected chi connectivity index (χ0v) is 22.7. The maximum absolute atomic E-state index is 12.4. The van der Waals surface area contributed by atoms with Gasteiger partial charge in [0.15, 0.2) is 11.5 Å². The number of sulfonamides is 1. The summed E-state index contributed by atoms with van der Waals surface area (Å²) >= 11 is 0. The number of hydrogen-bond donors (Lipinski definition) is 3. The Bertz CT molecular complexity index is 1000. The number of benzene rings is 2. The first kappa shape index (κ1) is 30.1. The van der Waals surface area contributed by atoms with Crippen molar-refractivity contribution in [2.75, 3.05) is 34.0 Å². The molecule has 8 nitrogen and oxygen atoms in total. The first-order valence-electron chi connectivity index (χ1n) is 12.4. The summed E-state index contributed by atoms with van der Waals surface area (Å²) in [5, 5.41) is 10.6. The molecule has 9 heteroatoms. The largest absolute Gasteiger partial charge is 0.493 e. The number of aliphatic hydroxyl groups excluding tert-OH is 1. The zero-order chi connectivity index (χ0) is 26.6. The van der Waals surface area contributed by atoms with Crippen molar-refractivity contribution in [3.63, 3.8) is 0 Å². The Hall–Kier alpha value is -2.17. The van der Waals surface area contributed by atoms with Gasteiger partial charge in [-0.2, -0.15) is 0 Å². The lowest BCUT2D eigenvalue weighted by Gasteiger charge is -2.27. The first-order valence-corrected chi connectivity index (χ1v) is 14.0. The van der Waals surface area contributed by atoms with Crippen molar-refractivity contribution in [1.82, 2.24) is 4.72 Å². The van der Waals surface area contributed by atoms with Crippen molar-refractivity contribution in [3.05, 3.63) is 59.7 Å². The Morgan fingerprint density at radius 2 is 1.72 bits per heavy atom. The van der Waals surface area contributed by atoms with E-state index in [2.05, 4.69) is 18.6 Å². The minimum absolute atomic E-state index is 0.122. The van der Waals surface area contributed by atoms with Crippen LogP contribution in [-0.4, -0.2) is 59.6 Å². The van der Waals surface area contributed by atoms with Crippen molar-refractivity contribution in [2.24, 2.45) is 17.6 Å². The molecule has 0 unspecified atom stereocenters. The number of aliphatic hydroxyl groups is 1. The van der Waals surface area contributed by atoms with E-state index < -0.39 is 22.2 Å². The highest BCUT2D eigenvalue weighted by Gasteiger charge is 2.24. The molecule has 36 heavy (non-hydrogen) atoms. The number of methoxy groups -OCH3 is 2. The molecule has 0 aliphatic rings. The van der Waals surface area contributed by atoms with Crippen LogP contribution in [0.3, 0.4) is 0 Å². The molecule has 0 heterocycles. The van der Waals surface area contributed by atoms with Gasteiger partial charge in [-0.25, -0.2) is 13.1 Å². The monoisotopic (exact) mass is 522 g/mol. The summed E-state index contributed by atoms with van der Waals surface area (Å²) in [6.45, 7) is 5.28. The van der Waals surface area contributed by atoms with Crippen LogP contribution >= 0.6 is 0 Å². The van der Waals surface area contributed by atoms with E-state index in [9.17, 15) is 13.5 Å². The molecule has 4 N–H and O–H groups in total. The summed E-state index contributed by atoms with van der Waals surface area (Å²) < 4.78 is 43.7. The van der Waals surface area contributed by atoms with Gasteiger partial charge in [0.2, 0.25) is 10.0 Å². The van der Waals surface area contributed by atoms with E-state index in [4.69, 9.17) is 19.9 Å². The minimum Gasteiger partial charge on any atom is -0.493 e. The molecule has 0 amide bonds. The molecule has 0 fully saturated rings. The second-order valence-electron chi connectivity index (χ2n) is 9.45. The van der Waals surface area contributed by atoms with Gasteiger partial charge >= 0.3 is 0 Å². The van der Waals surface area contributed by atoms with Crippen LogP contribution in [0.15, 0.2) is 48.5 Å². The molecule has 0 saturated carbocycles. The fraction of sp³-hybridized carbons (Fsp3) is 0.556. The van der Waals surface area contributed by atoms with Gasteiger partial charge in [0.1, 0.15) is 0 Å². The van der Waals surface area contributed by atoms with Gasteiger partial charge in [0.25, 0.3) is 0 Å². The molecule has 2 aromatic rings. The molecule has 2 rings (SSSR count). The van der Waals surface area contributed by atoms with Crippen molar-refractivity contribution in [3.8, 4) is 11.5 Å². The molecule has 0 radical (unpaired) electrons. The first-order chi connectivity index (χ1) is 17.1. The maximum Gasteiger partial charge on any atom is 0.215 e. The summed E-state index contributed by atoms with van der Waals surface area (Å²) in [6, 6.07) is 14.3. The third kappa shape index (κ3) is 10.4. The fourth-order valence-corrected chi connectivity index (χ4v) is 5.11. The molecular weight excluding hydrogens is 480 g/mol. The third-order valence-electron chi connectivity index (χ3n) is 6.20. The van der Waals surface area contributed by atoms with Gasteiger partial charge in [0.05, 0.1) is 25.6 Å². The van der Waals surface area contributed by atoms with E-state index in [1.165, 1.54) is 0 Å². The van der Waals surface area contributed by atoms with E-state index in [-0.39, 0.29) is 18.2 Å². The molecule has 2 aromatic carbocycles. The Morgan fingerprint density at radius 3 is 2.36 bits per heavy atom. The maximum atomic E-state index is 12.4. The average Bonchev–Trinajstić information content (AvgIpc) is 2.85. The molecule has 0 saturated heterocycles. The normalized spacial score (nSPS) is 14.4. The molecular formula is C27H42N2O6S. The van der Waals surface area contributed by atoms with Gasteiger partial charge in [-0.05, 0) is 47.9 Å². The smallest absolute Gasteiger partial charge is 0.215 e. The second-order valence-corrected chi connectivity index (χ2v) is 11.3. The van der Waals surface area contributed by atoms with Gasteiger partial charge in [-0.1, -0.05) is 50.2 Å². The highest BCUT2D eigenvalue weighted by molar-refractivity contribution is 7.88. The summed E-state index contributed by atoms with van der Waals surface area (Å²) in [5.74, 6) is 1.71. The lowest BCUT2D eigenvalue weighted by molar-refractivity contribution is 0.129. The number of hydrogen-bond acceptors (Lipinski definition) is 7. The van der Waals surface area contributed by atoms with Gasteiger partial charge in [-0.15, -0.1) is 0 Å². The van der Waals surface area contributed by atoms with Gasteiger partial charge < -0.3 is 25.1 Å². The van der Waals surface area contributed by atoms with Crippen LogP contribution in [0.1, 0.15) is 37.8 Å². The Kier molecular flexibility index (Phi) is 12.7. The van der Waals surface area contributed by atoms with Crippen LogP contribution in [0.25, 0.3) is 0 Å². The van der Waals surface area contributed by atoms with E-state index in [0.717, 1.165) is 18.4 Å². The van der Waals surface area contributed by atoms with Crippen LogP contribution in [0.2, 0.25) is 0 Å². The topological polar surface area (TPSA) is 120 Å². The molecule has 0 spiro atoms. The molecule has 202 valence electrons. The summed E-state index contributed by atoms with van der Waals surface area (Å²) in [5.41, 5.74) is 8.09. The van der Waals surface area contributed by atoms with E-state index >= 15 is 0 Å². The fourth-order valence-electron chi connectivity index (χ4n) is 3.96. The summed E-state index contributed by atoms with van der Waals surface area (Å²) in [6.07, 6.45) is 1.08. The Balaban J connectivity index is 1.95. The van der Waals surface area contributed by atoms with Crippen LogP contribution in [0.5, 0.6) is 11.5 Å². The van der Waals surface area contributed by atoms with Crippen LogP contribution < -0.4 is 19.9 Å². The van der Waals surface area contributed by atoms with Crippen LogP contribution in [-0.2, 0) is 26.9 Å². The molecule has 0 bridgehead atoms. The van der Waals surface area contributed by atoms with Crippen LogP contribution in [0, 0.1) is 11.8 Å². The number of rotatable bonds is 17. The SMILES string of the molecule is COCCCOc1cc(C[C@@H](C[C@H](N)[C@@H](O)CNS(=O)(=O)Cc2ccccc2)C(C)C)ccc1OC. The quantitative estimate of drug-likeness (QED) is 0.273. The van der Waals surface area contributed by atoms with Gasteiger partial charge in [-0.3, -0.25) is 0 Å². The lowest BCUT2D eigenvalue weighted by Crippen LogP contribution is -2.45. The molecule has 3 atom stereocenters. The number of ether oxygens (including phenoxy) is 3. The summed E-state index contributed by atoms with van der Waals surface area (Å²) in [4.78, 5) is 0. The highest BCUT2D eigenvalue weighted by Crippen LogP contribution is 2.31. The van der Waals surface area contributed by atoms with Crippen molar-refractivity contribution >= 4 is 10.0 Å². The minimum atomic E-state index is -3.58. The van der Waals surface area contributed by atoms with Crippen molar-refractivity contribution in [2.45, 2.75) is 51.0 Å². The Morgan fingerprint density at radius 1 is 1.00 bits per heavy atom. The third-order valence-corrected chi connectivity index (χ3v) is 7.52. The molecule has 0 aromatic heterocycles. The van der Waals surface area contributed by atoms with Crippen LogP contribution in [0.4, 0.5) is 0 Å². The standard InChI is InChI=1S/C27H42N2O6S/c1-20(2)23(15-22-11-12-26(34-4)27(16-22)35-14-8-13-33-3)17-24(28)25(30)18-29-36(31,32)19-21-9-6-5-7-10-21/h5-7,9-12,16,20,23-25,29-30H,8,13-15,17-19,28H2,1-4H3/t23-,24-,25-/m0/s1. The zero-order valence-electron chi connectivity index (χ0n) is 21.9. The van der Waals surface area contributed by atoms with E-state index in [0.29, 0.717) is 42.6 Å². The second kappa shape index (κ2) is 15.2. The predicted octanol–water partition coefficient (Wildman–Crippen LogP) is 3.12. The van der Waals surface area contributed by atoms with Gasteiger partial charge in [0, 0.05) is 32.7 Å². The van der Waals surface area contributed by atoms with E-state index in [1.54, 1.807) is 38.5 Å². The van der Waals surface area contributed by atoms with Crippen molar-refractivity contribution < 1.29 is 27.7 Å². The van der Waals surface area contributed by atoms with E-state index in [1.807, 2.05) is 24.3 Å². The highest BCUT2D eigenvalue weighted by atomic mass is 32.2. The molecule has 0 aliphatic carbocycles. The lowest BCUT2D eigenvalue weighted by atomic mass is 9.83. The molecule has 0 aliphatic heterocycles. The predicted molar refractivity (Wildman–Crippen MR) is 143 cm³/mol.